The lowest BCUT2D eigenvalue weighted by Crippen LogP contribution is -2.70. The van der Waals surface area contributed by atoms with Crippen molar-refractivity contribution in [3.63, 3.8) is 0 Å². The number of halogens is 1. The van der Waals surface area contributed by atoms with E-state index in [1.54, 1.807) is 4.31 Å². The zero-order valence-electron chi connectivity index (χ0n) is 12.2. The second-order valence-corrected chi connectivity index (χ2v) is 8.91. The topological polar surface area (TPSA) is 74.3 Å². The van der Waals surface area contributed by atoms with Crippen LogP contribution in [0.25, 0.3) is 0 Å². The van der Waals surface area contributed by atoms with Gasteiger partial charge in [-0.2, -0.15) is 4.31 Å². The first-order valence-corrected chi connectivity index (χ1v) is 9.37. The normalized spacial score (nSPS) is 31.0. The molecule has 1 saturated carbocycles. The van der Waals surface area contributed by atoms with Crippen molar-refractivity contribution in [2.45, 2.75) is 29.7 Å². The molecule has 1 atom stereocenters. The van der Waals surface area contributed by atoms with Crippen LogP contribution >= 0.6 is 11.6 Å². The smallest absolute Gasteiger partial charge is 0.244 e. The number of nitrogens with one attached hydrogen (secondary N) is 2. The van der Waals surface area contributed by atoms with Crippen molar-refractivity contribution in [1.29, 1.82) is 0 Å². The Kier molecular flexibility index (Phi) is 3.29. The molecule has 6 nitrogen and oxygen atoms in total. The Bertz CT molecular complexity index is 674. The summed E-state index contributed by atoms with van der Waals surface area (Å²) in [5.41, 5.74) is 0.140. The summed E-state index contributed by atoms with van der Waals surface area (Å²) in [5.74, 6) is 0. The lowest BCUT2D eigenvalue weighted by atomic mass is 9.68. The second-order valence-electron chi connectivity index (χ2n) is 6.59. The second kappa shape index (κ2) is 4.88. The first-order chi connectivity index (χ1) is 10.5. The molecule has 2 spiro atoms. The molecule has 1 aliphatic carbocycles. The highest BCUT2D eigenvalue weighted by Crippen LogP contribution is 2.54. The van der Waals surface area contributed by atoms with Gasteiger partial charge in [0.05, 0.1) is 0 Å². The monoisotopic (exact) mass is 342 g/mol. The Balaban J connectivity index is 1.56. The molecular weight excluding hydrogens is 324 g/mol. The molecule has 1 aromatic rings. The van der Waals surface area contributed by atoms with Gasteiger partial charge in [0.15, 0.2) is 0 Å². The molecule has 22 heavy (non-hydrogen) atoms. The molecule has 3 heterocycles. The molecule has 8 heteroatoms. The number of hydrogen-bond acceptors (Lipinski definition) is 5. The molecule has 4 rings (SSSR count). The van der Waals surface area contributed by atoms with Crippen molar-refractivity contribution in [1.82, 2.24) is 19.9 Å². The average molecular weight is 343 g/mol. The molecule has 0 radical (unpaired) electrons. The third-order valence-corrected chi connectivity index (χ3v) is 7.55. The van der Waals surface area contributed by atoms with Crippen molar-refractivity contribution < 1.29 is 8.42 Å². The van der Waals surface area contributed by atoms with Crippen LogP contribution in [0, 0.1) is 5.41 Å². The molecule has 0 aromatic carbocycles. The Labute approximate surface area is 135 Å². The minimum Gasteiger partial charge on any atom is -0.303 e. The van der Waals surface area contributed by atoms with Crippen LogP contribution in [-0.4, -0.2) is 49.5 Å². The van der Waals surface area contributed by atoms with Gasteiger partial charge in [-0.3, -0.25) is 5.32 Å². The third kappa shape index (κ3) is 1.96. The highest BCUT2D eigenvalue weighted by atomic mass is 35.5. The summed E-state index contributed by atoms with van der Waals surface area (Å²) in [5, 5.41) is 7.25. The first-order valence-electron chi connectivity index (χ1n) is 7.55. The lowest BCUT2D eigenvalue weighted by Gasteiger charge is -2.55. The maximum atomic E-state index is 12.7. The number of fused-ring (bicyclic) bond motifs is 1. The first kappa shape index (κ1) is 14.8. The minimum atomic E-state index is -3.46. The van der Waals surface area contributed by atoms with E-state index >= 15 is 0 Å². The van der Waals surface area contributed by atoms with Crippen LogP contribution in [0.4, 0.5) is 0 Å². The van der Waals surface area contributed by atoms with Crippen LogP contribution in [0.1, 0.15) is 19.3 Å². The fraction of sp³-hybridized carbons (Fsp3) is 0.643. The zero-order valence-corrected chi connectivity index (χ0v) is 13.8. The van der Waals surface area contributed by atoms with Gasteiger partial charge in [0.2, 0.25) is 10.0 Å². The number of hydrogen-bond donors (Lipinski definition) is 2. The molecule has 2 N–H and O–H groups in total. The van der Waals surface area contributed by atoms with E-state index in [0.717, 1.165) is 32.5 Å². The summed E-state index contributed by atoms with van der Waals surface area (Å²) < 4.78 is 26.9. The highest BCUT2D eigenvalue weighted by molar-refractivity contribution is 7.89. The number of aromatic nitrogens is 1. The summed E-state index contributed by atoms with van der Waals surface area (Å²) in [4.78, 5) is 4.10. The summed E-state index contributed by atoms with van der Waals surface area (Å²) in [6.07, 6.45) is 4.70. The summed E-state index contributed by atoms with van der Waals surface area (Å²) in [6, 6.07) is 3.04. The van der Waals surface area contributed by atoms with Crippen molar-refractivity contribution in [2.75, 3.05) is 26.3 Å². The molecule has 2 aliphatic heterocycles. The fourth-order valence-corrected chi connectivity index (χ4v) is 5.95. The Hall–Kier alpha value is -0.730. The van der Waals surface area contributed by atoms with Crippen molar-refractivity contribution in [2.24, 2.45) is 5.41 Å². The molecule has 0 bridgehead atoms. The van der Waals surface area contributed by atoms with Crippen LogP contribution in [0.5, 0.6) is 0 Å². The van der Waals surface area contributed by atoms with Crippen molar-refractivity contribution >= 4 is 21.6 Å². The zero-order chi connectivity index (χ0) is 15.4. The minimum absolute atomic E-state index is 0.0667. The SMILES string of the molecule is O=S(=O)(c1ccc(Cl)nc1)N1CC2(CCCC23CNCN3)C1. The van der Waals surface area contributed by atoms with Gasteiger partial charge in [-0.05, 0) is 25.0 Å². The van der Waals surface area contributed by atoms with E-state index in [-0.39, 0.29) is 15.8 Å². The molecule has 3 fully saturated rings. The van der Waals surface area contributed by atoms with E-state index in [2.05, 4.69) is 15.6 Å². The van der Waals surface area contributed by atoms with Gasteiger partial charge in [0, 0.05) is 43.5 Å². The Morgan fingerprint density at radius 3 is 2.73 bits per heavy atom. The van der Waals surface area contributed by atoms with E-state index in [1.165, 1.54) is 18.3 Å². The van der Waals surface area contributed by atoms with Crippen LogP contribution in [0.15, 0.2) is 23.2 Å². The largest absolute Gasteiger partial charge is 0.303 e. The summed E-state index contributed by atoms with van der Waals surface area (Å²) in [6.45, 7) is 2.93. The average Bonchev–Trinajstić information content (AvgIpc) is 3.06. The van der Waals surface area contributed by atoms with Gasteiger partial charge in [-0.1, -0.05) is 18.0 Å². The van der Waals surface area contributed by atoms with Crippen molar-refractivity contribution in [3.05, 3.63) is 23.5 Å². The predicted octanol–water partition coefficient (Wildman–Crippen LogP) is 0.799. The summed E-state index contributed by atoms with van der Waals surface area (Å²) in [7, 11) is -3.46. The quantitative estimate of drug-likeness (QED) is 0.778. The van der Waals surface area contributed by atoms with Crippen molar-refractivity contribution in [3.8, 4) is 0 Å². The van der Waals surface area contributed by atoms with E-state index in [1.807, 2.05) is 0 Å². The van der Waals surface area contributed by atoms with Crippen LogP contribution in [0.3, 0.4) is 0 Å². The predicted molar refractivity (Wildman–Crippen MR) is 83.0 cm³/mol. The molecular formula is C14H19ClN4O2S. The number of pyridine rings is 1. The van der Waals surface area contributed by atoms with E-state index < -0.39 is 10.0 Å². The molecule has 0 amide bonds. The fourth-order valence-electron chi connectivity index (χ4n) is 4.28. The van der Waals surface area contributed by atoms with Gasteiger partial charge >= 0.3 is 0 Å². The lowest BCUT2D eigenvalue weighted by molar-refractivity contribution is 0.00676. The van der Waals surface area contributed by atoms with E-state index in [0.29, 0.717) is 18.2 Å². The van der Waals surface area contributed by atoms with Crippen LogP contribution < -0.4 is 10.6 Å². The number of nitrogens with zero attached hydrogens (tertiary/aromatic N) is 2. The van der Waals surface area contributed by atoms with Crippen LogP contribution in [-0.2, 0) is 10.0 Å². The molecule has 120 valence electrons. The number of rotatable bonds is 2. The molecule has 1 unspecified atom stereocenters. The molecule has 3 aliphatic rings. The number of sulfonamides is 1. The maximum absolute atomic E-state index is 12.7. The molecule has 1 aromatic heterocycles. The standard InChI is InChI=1S/C14H19ClN4O2S/c15-12-3-2-11(6-17-12)22(20,21)19-8-13(9-19)4-1-5-14(13)7-16-10-18-14/h2-3,6,16,18H,1,4-5,7-10H2. The highest BCUT2D eigenvalue weighted by Gasteiger charge is 2.63. The third-order valence-electron chi connectivity index (χ3n) is 5.55. The van der Waals surface area contributed by atoms with Gasteiger partial charge in [0.25, 0.3) is 0 Å². The van der Waals surface area contributed by atoms with Gasteiger partial charge in [0.1, 0.15) is 10.0 Å². The maximum Gasteiger partial charge on any atom is 0.244 e. The van der Waals surface area contributed by atoms with E-state index in [4.69, 9.17) is 11.6 Å². The van der Waals surface area contributed by atoms with Crippen LogP contribution in [0.2, 0.25) is 5.15 Å². The summed E-state index contributed by atoms with van der Waals surface area (Å²) >= 11 is 5.73. The van der Waals surface area contributed by atoms with Gasteiger partial charge < -0.3 is 5.32 Å². The Morgan fingerprint density at radius 2 is 2.09 bits per heavy atom. The van der Waals surface area contributed by atoms with Gasteiger partial charge in [-0.15, -0.1) is 0 Å². The Morgan fingerprint density at radius 1 is 1.27 bits per heavy atom. The van der Waals surface area contributed by atoms with E-state index in [9.17, 15) is 8.42 Å². The molecule has 2 saturated heterocycles. The van der Waals surface area contributed by atoms with Gasteiger partial charge in [-0.25, -0.2) is 13.4 Å².